The minimum Gasteiger partial charge on any atom is -0.389 e. The van der Waals surface area contributed by atoms with Crippen LogP contribution >= 0.6 is 0 Å². The average molecular weight is 191 g/mol. The molecule has 74 valence electrons. The summed E-state index contributed by atoms with van der Waals surface area (Å²) in [7, 11) is 0. The summed E-state index contributed by atoms with van der Waals surface area (Å²) in [5, 5.41) is 18.9. The molecule has 0 bridgehead atoms. The number of benzene rings is 1. The van der Waals surface area contributed by atoms with Crippen LogP contribution in [0, 0.1) is 12.3 Å². The molecule has 1 rings (SSSR count). The third-order valence-corrected chi connectivity index (χ3v) is 2.00. The van der Waals surface area contributed by atoms with E-state index in [-0.39, 0.29) is 6.54 Å². The molecule has 14 heavy (non-hydrogen) atoms. The van der Waals surface area contributed by atoms with Gasteiger partial charge in [0.05, 0.1) is 6.10 Å². The van der Waals surface area contributed by atoms with Crippen molar-refractivity contribution in [3.05, 3.63) is 35.4 Å². The standard InChI is InChI=1S/C11H13NO2/c1-2-8-4-3-5-9(6-8)11(14)10(13)7-12/h1,3-6,10-11,13-14H,7,12H2. The Bertz CT molecular complexity index is 343. The summed E-state index contributed by atoms with van der Waals surface area (Å²) in [6, 6.07) is 6.84. The SMILES string of the molecule is C#Cc1cccc(C(O)C(O)CN)c1. The van der Waals surface area contributed by atoms with Crippen molar-refractivity contribution >= 4 is 0 Å². The molecule has 0 aliphatic rings. The van der Waals surface area contributed by atoms with Crippen molar-refractivity contribution in [3.8, 4) is 12.3 Å². The lowest BCUT2D eigenvalue weighted by Gasteiger charge is -2.16. The number of aliphatic hydroxyl groups is 2. The zero-order valence-corrected chi connectivity index (χ0v) is 7.72. The highest BCUT2D eigenvalue weighted by atomic mass is 16.3. The van der Waals surface area contributed by atoms with Crippen molar-refractivity contribution in [1.82, 2.24) is 0 Å². The Morgan fingerprint density at radius 1 is 1.43 bits per heavy atom. The van der Waals surface area contributed by atoms with Crippen LogP contribution in [-0.2, 0) is 0 Å². The second kappa shape index (κ2) is 4.77. The first-order chi connectivity index (χ1) is 6.69. The Balaban J connectivity index is 2.91. The van der Waals surface area contributed by atoms with Gasteiger partial charge < -0.3 is 15.9 Å². The van der Waals surface area contributed by atoms with Gasteiger partial charge in [0.1, 0.15) is 6.10 Å². The van der Waals surface area contributed by atoms with Gasteiger partial charge in [-0.2, -0.15) is 0 Å². The molecule has 2 unspecified atom stereocenters. The quantitative estimate of drug-likeness (QED) is 0.590. The summed E-state index contributed by atoms with van der Waals surface area (Å²) < 4.78 is 0. The molecule has 0 aliphatic carbocycles. The summed E-state index contributed by atoms with van der Waals surface area (Å²) in [5.74, 6) is 2.46. The van der Waals surface area contributed by atoms with Crippen LogP contribution in [0.2, 0.25) is 0 Å². The molecule has 3 heteroatoms. The van der Waals surface area contributed by atoms with Gasteiger partial charge in [0.2, 0.25) is 0 Å². The Hall–Kier alpha value is -1.34. The van der Waals surface area contributed by atoms with Gasteiger partial charge >= 0.3 is 0 Å². The first-order valence-electron chi connectivity index (χ1n) is 4.31. The molecule has 0 aliphatic heterocycles. The molecular formula is C11H13NO2. The molecule has 1 aromatic carbocycles. The molecule has 3 nitrogen and oxygen atoms in total. The first-order valence-corrected chi connectivity index (χ1v) is 4.31. The second-order valence-electron chi connectivity index (χ2n) is 3.02. The molecule has 4 N–H and O–H groups in total. The molecule has 0 aromatic heterocycles. The van der Waals surface area contributed by atoms with E-state index in [1.807, 2.05) is 0 Å². The van der Waals surface area contributed by atoms with E-state index in [9.17, 15) is 10.2 Å². The predicted octanol–water partition coefficient (Wildman–Crippen LogP) is 0.0209. The molecule has 0 fully saturated rings. The summed E-state index contributed by atoms with van der Waals surface area (Å²) in [6.07, 6.45) is 3.27. The Morgan fingerprint density at radius 2 is 2.14 bits per heavy atom. The van der Waals surface area contributed by atoms with E-state index in [0.717, 1.165) is 0 Å². The van der Waals surface area contributed by atoms with Gasteiger partial charge in [-0.3, -0.25) is 0 Å². The molecule has 0 radical (unpaired) electrons. The highest BCUT2D eigenvalue weighted by Crippen LogP contribution is 2.17. The van der Waals surface area contributed by atoms with Crippen LogP contribution in [0.25, 0.3) is 0 Å². The summed E-state index contributed by atoms with van der Waals surface area (Å²) in [6.45, 7) is 0.0153. The topological polar surface area (TPSA) is 66.5 Å². The number of terminal acetylenes is 1. The van der Waals surface area contributed by atoms with Crippen LogP contribution in [0.5, 0.6) is 0 Å². The number of aliphatic hydroxyl groups excluding tert-OH is 2. The van der Waals surface area contributed by atoms with Crippen LogP contribution in [0.4, 0.5) is 0 Å². The maximum Gasteiger partial charge on any atom is 0.106 e. The summed E-state index contributed by atoms with van der Waals surface area (Å²) in [5.41, 5.74) is 6.48. The molecule has 1 aromatic rings. The van der Waals surface area contributed by atoms with Crippen LogP contribution in [0.15, 0.2) is 24.3 Å². The fourth-order valence-corrected chi connectivity index (χ4v) is 1.16. The molecule has 0 heterocycles. The summed E-state index contributed by atoms with van der Waals surface area (Å²) in [4.78, 5) is 0. The fraction of sp³-hybridized carbons (Fsp3) is 0.273. The van der Waals surface area contributed by atoms with Crippen molar-refractivity contribution in [2.24, 2.45) is 5.73 Å². The third kappa shape index (κ3) is 2.33. The second-order valence-corrected chi connectivity index (χ2v) is 3.02. The number of nitrogens with two attached hydrogens (primary N) is 1. The van der Waals surface area contributed by atoms with Crippen LogP contribution < -0.4 is 5.73 Å². The van der Waals surface area contributed by atoms with E-state index in [4.69, 9.17) is 12.2 Å². The van der Waals surface area contributed by atoms with Gasteiger partial charge in [0.15, 0.2) is 0 Å². The fourth-order valence-electron chi connectivity index (χ4n) is 1.16. The third-order valence-electron chi connectivity index (χ3n) is 2.00. The molecule has 2 atom stereocenters. The maximum atomic E-state index is 9.61. The van der Waals surface area contributed by atoms with E-state index < -0.39 is 12.2 Å². The lowest BCUT2D eigenvalue weighted by Crippen LogP contribution is -2.27. The molecule has 0 amide bonds. The highest BCUT2D eigenvalue weighted by Gasteiger charge is 2.16. The van der Waals surface area contributed by atoms with Crippen molar-refractivity contribution in [2.75, 3.05) is 6.54 Å². The zero-order valence-electron chi connectivity index (χ0n) is 7.72. The van der Waals surface area contributed by atoms with E-state index in [0.29, 0.717) is 11.1 Å². The Kier molecular flexibility index (Phi) is 3.66. The van der Waals surface area contributed by atoms with Crippen LogP contribution in [-0.4, -0.2) is 22.9 Å². The minimum absolute atomic E-state index is 0.0153. The number of hydrogen-bond acceptors (Lipinski definition) is 3. The van der Waals surface area contributed by atoms with Gasteiger partial charge in [-0.25, -0.2) is 0 Å². The van der Waals surface area contributed by atoms with Crippen molar-refractivity contribution in [2.45, 2.75) is 12.2 Å². The van der Waals surface area contributed by atoms with Gasteiger partial charge in [-0.1, -0.05) is 18.1 Å². The summed E-state index contributed by atoms with van der Waals surface area (Å²) >= 11 is 0. The largest absolute Gasteiger partial charge is 0.389 e. The van der Waals surface area contributed by atoms with E-state index in [2.05, 4.69) is 5.92 Å². The predicted molar refractivity (Wildman–Crippen MR) is 54.4 cm³/mol. The maximum absolute atomic E-state index is 9.61. The molecule has 0 saturated heterocycles. The van der Waals surface area contributed by atoms with Crippen molar-refractivity contribution in [3.63, 3.8) is 0 Å². The minimum atomic E-state index is -0.978. The molecule has 0 spiro atoms. The van der Waals surface area contributed by atoms with Crippen molar-refractivity contribution < 1.29 is 10.2 Å². The van der Waals surface area contributed by atoms with Gasteiger partial charge in [-0.15, -0.1) is 6.42 Å². The lowest BCUT2D eigenvalue weighted by atomic mass is 10.0. The average Bonchev–Trinajstić information content (AvgIpc) is 2.27. The van der Waals surface area contributed by atoms with Gasteiger partial charge in [-0.05, 0) is 17.7 Å². The Labute approximate surface area is 83.2 Å². The van der Waals surface area contributed by atoms with Crippen LogP contribution in [0.1, 0.15) is 17.2 Å². The normalized spacial score (nSPS) is 14.4. The number of hydrogen-bond donors (Lipinski definition) is 3. The smallest absolute Gasteiger partial charge is 0.106 e. The highest BCUT2D eigenvalue weighted by molar-refractivity contribution is 5.36. The zero-order chi connectivity index (χ0) is 10.6. The monoisotopic (exact) mass is 191 g/mol. The Morgan fingerprint density at radius 3 is 2.71 bits per heavy atom. The van der Waals surface area contributed by atoms with E-state index >= 15 is 0 Å². The molecule has 0 saturated carbocycles. The molecular weight excluding hydrogens is 178 g/mol. The van der Waals surface area contributed by atoms with E-state index in [1.165, 1.54) is 0 Å². The lowest BCUT2D eigenvalue weighted by molar-refractivity contribution is 0.0243. The van der Waals surface area contributed by atoms with Gasteiger partial charge in [0, 0.05) is 12.1 Å². The van der Waals surface area contributed by atoms with Gasteiger partial charge in [0.25, 0.3) is 0 Å². The van der Waals surface area contributed by atoms with Crippen molar-refractivity contribution in [1.29, 1.82) is 0 Å². The number of rotatable bonds is 3. The first kappa shape index (κ1) is 10.7. The van der Waals surface area contributed by atoms with Crippen LogP contribution in [0.3, 0.4) is 0 Å². The van der Waals surface area contributed by atoms with E-state index in [1.54, 1.807) is 24.3 Å².